The Labute approximate surface area is 125 Å². The standard InChI is InChI=1S/C16H23NO4/c1-4-5-10-14(21-15(18)11-17(2)3)12-8-6-7-9-13(12)16(19)20/h6-9,14H,4-5,10-11H2,1-3H3,(H,19,20). The van der Waals surface area contributed by atoms with Crippen LogP contribution in [0.1, 0.15) is 48.2 Å². The van der Waals surface area contributed by atoms with Crippen molar-refractivity contribution >= 4 is 11.9 Å². The van der Waals surface area contributed by atoms with E-state index in [4.69, 9.17) is 4.74 Å². The molecule has 0 aliphatic heterocycles. The van der Waals surface area contributed by atoms with Gasteiger partial charge in [0.2, 0.25) is 0 Å². The number of likely N-dealkylation sites (N-methyl/N-ethyl adjacent to an activating group) is 1. The van der Waals surface area contributed by atoms with Gasteiger partial charge in [-0.15, -0.1) is 0 Å². The lowest BCUT2D eigenvalue weighted by Crippen LogP contribution is -2.25. The van der Waals surface area contributed by atoms with Crippen LogP contribution in [0.25, 0.3) is 0 Å². The number of carboxylic acids is 1. The Morgan fingerprint density at radius 3 is 2.52 bits per heavy atom. The number of rotatable bonds is 8. The Bertz CT molecular complexity index is 485. The van der Waals surface area contributed by atoms with Crippen LogP contribution in [0.15, 0.2) is 24.3 Å². The quantitative estimate of drug-likeness (QED) is 0.746. The van der Waals surface area contributed by atoms with E-state index < -0.39 is 12.1 Å². The summed E-state index contributed by atoms with van der Waals surface area (Å²) in [7, 11) is 3.57. The summed E-state index contributed by atoms with van der Waals surface area (Å²) in [6.07, 6.45) is 1.94. The van der Waals surface area contributed by atoms with E-state index >= 15 is 0 Å². The van der Waals surface area contributed by atoms with Crippen molar-refractivity contribution in [3.8, 4) is 0 Å². The number of unbranched alkanes of at least 4 members (excludes halogenated alkanes) is 1. The van der Waals surface area contributed by atoms with Crippen molar-refractivity contribution in [2.24, 2.45) is 0 Å². The van der Waals surface area contributed by atoms with Gasteiger partial charge in [-0.2, -0.15) is 0 Å². The van der Waals surface area contributed by atoms with E-state index in [0.717, 1.165) is 12.8 Å². The van der Waals surface area contributed by atoms with Gasteiger partial charge in [-0.05, 0) is 33.0 Å². The number of nitrogens with zero attached hydrogens (tertiary/aromatic N) is 1. The number of hydrogen-bond acceptors (Lipinski definition) is 4. The molecular formula is C16H23NO4. The van der Waals surface area contributed by atoms with E-state index in [-0.39, 0.29) is 18.1 Å². The molecule has 0 bridgehead atoms. The van der Waals surface area contributed by atoms with Gasteiger partial charge in [0.1, 0.15) is 6.10 Å². The Balaban J connectivity index is 2.96. The first-order valence-corrected chi connectivity index (χ1v) is 7.12. The maximum atomic E-state index is 11.9. The predicted molar refractivity (Wildman–Crippen MR) is 80.3 cm³/mol. The summed E-state index contributed by atoms with van der Waals surface area (Å²) in [5, 5.41) is 9.27. The van der Waals surface area contributed by atoms with E-state index in [9.17, 15) is 14.7 Å². The van der Waals surface area contributed by atoms with Crippen molar-refractivity contribution < 1.29 is 19.4 Å². The first-order valence-electron chi connectivity index (χ1n) is 7.12. The molecule has 0 aliphatic rings. The molecule has 1 unspecified atom stereocenters. The molecule has 1 rings (SSSR count). The number of hydrogen-bond donors (Lipinski definition) is 1. The summed E-state index contributed by atoms with van der Waals surface area (Å²) in [6.45, 7) is 2.22. The van der Waals surface area contributed by atoms with Gasteiger partial charge in [0.25, 0.3) is 0 Å². The minimum Gasteiger partial charge on any atom is -0.478 e. The van der Waals surface area contributed by atoms with Gasteiger partial charge in [-0.25, -0.2) is 4.79 Å². The number of ether oxygens (including phenoxy) is 1. The predicted octanol–water partition coefficient (Wildman–Crippen LogP) is 2.72. The molecule has 1 atom stereocenters. The summed E-state index contributed by atoms with van der Waals surface area (Å²) in [5.41, 5.74) is 0.752. The van der Waals surface area contributed by atoms with Gasteiger partial charge in [0.15, 0.2) is 0 Å². The monoisotopic (exact) mass is 293 g/mol. The van der Waals surface area contributed by atoms with Crippen molar-refractivity contribution in [2.75, 3.05) is 20.6 Å². The van der Waals surface area contributed by atoms with Crippen LogP contribution >= 0.6 is 0 Å². The molecule has 21 heavy (non-hydrogen) atoms. The fourth-order valence-electron chi connectivity index (χ4n) is 2.09. The van der Waals surface area contributed by atoms with Gasteiger partial charge < -0.3 is 9.84 Å². The molecule has 0 saturated carbocycles. The second-order valence-corrected chi connectivity index (χ2v) is 5.25. The van der Waals surface area contributed by atoms with Crippen LogP contribution in [0.4, 0.5) is 0 Å². The average molecular weight is 293 g/mol. The number of aromatic carboxylic acids is 1. The van der Waals surface area contributed by atoms with Crippen molar-refractivity contribution in [1.29, 1.82) is 0 Å². The molecule has 0 saturated heterocycles. The zero-order valence-corrected chi connectivity index (χ0v) is 12.8. The molecule has 0 amide bonds. The fourth-order valence-corrected chi connectivity index (χ4v) is 2.09. The van der Waals surface area contributed by atoms with Crippen molar-refractivity contribution in [3.05, 3.63) is 35.4 Å². The third-order valence-corrected chi connectivity index (χ3v) is 3.08. The SMILES string of the molecule is CCCCC(OC(=O)CN(C)C)c1ccccc1C(=O)O. The zero-order valence-electron chi connectivity index (χ0n) is 12.8. The molecule has 1 aromatic rings. The Hall–Kier alpha value is -1.88. The summed E-state index contributed by atoms with van der Waals surface area (Å²) < 4.78 is 5.50. The molecule has 1 N–H and O–H groups in total. The van der Waals surface area contributed by atoms with Gasteiger partial charge in [-0.3, -0.25) is 9.69 Å². The molecule has 116 valence electrons. The van der Waals surface area contributed by atoms with E-state index in [1.165, 1.54) is 6.07 Å². The van der Waals surface area contributed by atoms with E-state index in [1.807, 2.05) is 6.92 Å². The van der Waals surface area contributed by atoms with Gasteiger partial charge in [0, 0.05) is 5.56 Å². The van der Waals surface area contributed by atoms with Crippen LogP contribution in [-0.2, 0) is 9.53 Å². The van der Waals surface area contributed by atoms with Crippen LogP contribution < -0.4 is 0 Å². The minimum absolute atomic E-state index is 0.178. The van der Waals surface area contributed by atoms with Crippen molar-refractivity contribution in [2.45, 2.75) is 32.3 Å². The minimum atomic E-state index is -1.00. The molecule has 0 aliphatic carbocycles. The van der Waals surface area contributed by atoms with E-state index in [0.29, 0.717) is 12.0 Å². The Morgan fingerprint density at radius 1 is 1.29 bits per heavy atom. The van der Waals surface area contributed by atoms with E-state index in [2.05, 4.69) is 0 Å². The van der Waals surface area contributed by atoms with Crippen LogP contribution in [0.3, 0.4) is 0 Å². The molecule has 5 nitrogen and oxygen atoms in total. The highest BCUT2D eigenvalue weighted by atomic mass is 16.5. The van der Waals surface area contributed by atoms with Crippen molar-refractivity contribution in [3.63, 3.8) is 0 Å². The molecule has 5 heteroatoms. The zero-order chi connectivity index (χ0) is 15.8. The van der Waals surface area contributed by atoms with Crippen molar-refractivity contribution in [1.82, 2.24) is 4.90 Å². The van der Waals surface area contributed by atoms with Crippen LogP contribution in [-0.4, -0.2) is 42.6 Å². The second kappa shape index (κ2) is 8.42. The Morgan fingerprint density at radius 2 is 1.95 bits per heavy atom. The number of esters is 1. The van der Waals surface area contributed by atoms with Crippen LogP contribution in [0.2, 0.25) is 0 Å². The van der Waals surface area contributed by atoms with Crippen LogP contribution in [0.5, 0.6) is 0 Å². The number of benzene rings is 1. The molecular weight excluding hydrogens is 270 g/mol. The molecule has 0 fully saturated rings. The maximum absolute atomic E-state index is 11.9. The summed E-state index contributed by atoms with van der Waals surface area (Å²) in [5.74, 6) is -1.35. The van der Waals surface area contributed by atoms with Gasteiger partial charge in [0.05, 0.1) is 12.1 Å². The topological polar surface area (TPSA) is 66.8 Å². The number of carbonyl (C=O) groups excluding carboxylic acids is 1. The highest BCUT2D eigenvalue weighted by molar-refractivity contribution is 5.89. The highest BCUT2D eigenvalue weighted by Gasteiger charge is 2.22. The third-order valence-electron chi connectivity index (χ3n) is 3.08. The normalized spacial score (nSPS) is 12.2. The third kappa shape index (κ3) is 5.55. The lowest BCUT2D eigenvalue weighted by Gasteiger charge is -2.21. The molecule has 0 heterocycles. The number of carbonyl (C=O) groups is 2. The average Bonchev–Trinajstić information content (AvgIpc) is 2.42. The molecule has 1 aromatic carbocycles. The summed E-state index contributed by atoms with van der Waals surface area (Å²) in [6, 6.07) is 6.69. The van der Waals surface area contributed by atoms with Gasteiger partial charge >= 0.3 is 11.9 Å². The second-order valence-electron chi connectivity index (χ2n) is 5.25. The fraction of sp³-hybridized carbons (Fsp3) is 0.500. The summed E-state index contributed by atoms with van der Waals surface area (Å²) in [4.78, 5) is 24.9. The smallest absolute Gasteiger partial charge is 0.336 e. The largest absolute Gasteiger partial charge is 0.478 e. The molecule has 0 aromatic heterocycles. The van der Waals surface area contributed by atoms with Gasteiger partial charge in [-0.1, -0.05) is 31.5 Å². The number of carboxylic acid groups (broad SMARTS) is 1. The lowest BCUT2D eigenvalue weighted by molar-refractivity contribution is -0.150. The van der Waals surface area contributed by atoms with E-state index in [1.54, 1.807) is 37.2 Å². The first kappa shape index (κ1) is 17.2. The first-order chi connectivity index (χ1) is 9.95. The molecule has 0 spiro atoms. The maximum Gasteiger partial charge on any atom is 0.336 e. The Kier molecular flexibility index (Phi) is 6.88. The molecule has 0 radical (unpaired) electrons. The lowest BCUT2D eigenvalue weighted by atomic mass is 9.98. The summed E-state index contributed by atoms with van der Waals surface area (Å²) >= 11 is 0. The highest BCUT2D eigenvalue weighted by Crippen LogP contribution is 2.27. The van der Waals surface area contributed by atoms with Crippen LogP contribution in [0, 0.1) is 0 Å².